The molecular formula is C23H17N3O7S. The van der Waals surface area contributed by atoms with E-state index in [1.165, 1.54) is 36.4 Å². The maximum atomic E-state index is 12.8. The third-order valence-corrected chi connectivity index (χ3v) is 6.29. The number of carbonyl (C=O) groups excluding carboxylic acids is 2. The van der Waals surface area contributed by atoms with Crippen molar-refractivity contribution in [1.82, 2.24) is 4.90 Å². The fourth-order valence-electron chi connectivity index (χ4n) is 3.43. The predicted octanol–water partition coefficient (Wildman–Crippen LogP) is 5.62. The number of rotatable bonds is 6. The fourth-order valence-corrected chi connectivity index (χ4v) is 4.25. The molecule has 0 atom stereocenters. The molecule has 0 saturated carbocycles. The Bertz CT molecular complexity index is 1380. The first kappa shape index (κ1) is 22.9. The molecule has 10 nitrogen and oxygen atoms in total. The Morgan fingerprint density at radius 1 is 1.00 bits per heavy atom. The Hall–Kier alpha value is -4.25. The van der Waals surface area contributed by atoms with Crippen LogP contribution in [0.25, 0.3) is 17.4 Å². The van der Waals surface area contributed by atoms with Gasteiger partial charge in [0.05, 0.1) is 21.3 Å². The molecule has 1 fully saturated rings. The lowest BCUT2D eigenvalue weighted by atomic mass is 10.0. The lowest BCUT2D eigenvalue weighted by molar-refractivity contribution is -0.385. The van der Waals surface area contributed by atoms with E-state index in [1.807, 2.05) is 0 Å². The van der Waals surface area contributed by atoms with Crippen molar-refractivity contribution >= 4 is 40.4 Å². The Morgan fingerprint density at radius 2 is 1.71 bits per heavy atom. The van der Waals surface area contributed by atoms with Crippen molar-refractivity contribution in [3.05, 3.63) is 96.1 Å². The van der Waals surface area contributed by atoms with Crippen molar-refractivity contribution in [2.75, 3.05) is 0 Å². The minimum Gasteiger partial charge on any atom is -0.457 e. The standard InChI is InChI=1S/C23H17N3O7S/c1-13-9-16(10-19(14(13)2)26(31)32)20-8-7-18(33-20)11-21-22(27)24(23(28)34-21)12-15-3-5-17(6-4-15)25(29)30/h3-11H,12H2,1-2H3/b21-11+. The molecule has 0 aliphatic carbocycles. The van der Waals surface area contributed by atoms with E-state index < -0.39 is 21.0 Å². The smallest absolute Gasteiger partial charge is 0.293 e. The molecule has 172 valence electrons. The highest BCUT2D eigenvalue weighted by Gasteiger charge is 2.35. The third kappa shape index (κ3) is 4.46. The summed E-state index contributed by atoms with van der Waals surface area (Å²) in [7, 11) is 0. The lowest BCUT2D eigenvalue weighted by Crippen LogP contribution is -2.27. The number of hydrogen-bond acceptors (Lipinski definition) is 8. The zero-order valence-electron chi connectivity index (χ0n) is 18.0. The molecule has 1 aromatic heterocycles. The van der Waals surface area contributed by atoms with Gasteiger partial charge in [-0.3, -0.25) is 34.7 Å². The predicted molar refractivity (Wildman–Crippen MR) is 125 cm³/mol. The first-order valence-corrected chi connectivity index (χ1v) is 10.8. The highest BCUT2D eigenvalue weighted by molar-refractivity contribution is 8.18. The summed E-state index contributed by atoms with van der Waals surface area (Å²) in [4.78, 5) is 47.5. The molecule has 34 heavy (non-hydrogen) atoms. The average Bonchev–Trinajstić information content (AvgIpc) is 3.36. The molecule has 1 aliphatic heterocycles. The van der Waals surface area contributed by atoms with Crippen molar-refractivity contribution < 1.29 is 23.9 Å². The van der Waals surface area contributed by atoms with Crippen molar-refractivity contribution in [2.24, 2.45) is 0 Å². The Balaban J connectivity index is 1.54. The van der Waals surface area contributed by atoms with E-state index in [9.17, 15) is 29.8 Å². The van der Waals surface area contributed by atoms with Gasteiger partial charge in [0.1, 0.15) is 11.5 Å². The van der Waals surface area contributed by atoms with Crippen LogP contribution in [0.3, 0.4) is 0 Å². The first-order valence-electron chi connectivity index (χ1n) is 9.98. The Kier molecular flexibility index (Phi) is 6.03. The van der Waals surface area contributed by atoms with E-state index in [0.717, 1.165) is 22.2 Å². The van der Waals surface area contributed by atoms with Crippen LogP contribution in [-0.2, 0) is 11.3 Å². The summed E-state index contributed by atoms with van der Waals surface area (Å²) < 4.78 is 5.78. The van der Waals surface area contributed by atoms with E-state index in [4.69, 9.17) is 4.42 Å². The van der Waals surface area contributed by atoms with Crippen LogP contribution in [0.5, 0.6) is 0 Å². The third-order valence-electron chi connectivity index (χ3n) is 5.38. The van der Waals surface area contributed by atoms with Crippen LogP contribution >= 0.6 is 11.8 Å². The van der Waals surface area contributed by atoms with Crippen LogP contribution in [0.4, 0.5) is 16.2 Å². The van der Waals surface area contributed by atoms with Crippen LogP contribution in [0.1, 0.15) is 22.5 Å². The first-order chi connectivity index (χ1) is 16.1. The maximum absolute atomic E-state index is 12.8. The molecule has 2 heterocycles. The maximum Gasteiger partial charge on any atom is 0.293 e. The summed E-state index contributed by atoms with van der Waals surface area (Å²) in [5.41, 5.74) is 2.32. The zero-order chi connectivity index (χ0) is 24.6. The van der Waals surface area contributed by atoms with Gasteiger partial charge in [-0.25, -0.2) is 0 Å². The quantitative estimate of drug-likeness (QED) is 0.252. The fraction of sp³-hybridized carbons (Fsp3) is 0.130. The van der Waals surface area contributed by atoms with Crippen LogP contribution < -0.4 is 0 Å². The van der Waals surface area contributed by atoms with Gasteiger partial charge in [0.2, 0.25) is 0 Å². The van der Waals surface area contributed by atoms with Crippen molar-refractivity contribution in [2.45, 2.75) is 20.4 Å². The summed E-state index contributed by atoms with van der Waals surface area (Å²) in [5.74, 6) is 0.201. The summed E-state index contributed by atoms with van der Waals surface area (Å²) in [6.45, 7) is 3.43. The van der Waals surface area contributed by atoms with Crippen molar-refractivity contribution in [3.8, 4) is 11.3 Å². The number of imide groups is 1. The van der Waals surface area contributed by atoms with Gasteiger partial charge in [-0.15, -0.1) is 0 Å². The number of aryl methyl sites for hydroxylation is 1. The Labute approximate surface area is 197 Å². The van der Waals surface area contributed by atoms with Gasteiger partial charge in [0, 0.05) is 35.4 Å². The number of nitro groups is 2. The Morgan fingerprint density at radius 3 is 2.35 bits per heavy atom. The van der Waals surface area contributed by atoms with Gasteiger partial charge >= 0.3 is 0 Å². The summed E-state index contributed by atoms with van der Waals surface area (Å²) in [6.07, 6.45) is 1.44. The molecule has 0 spiro atoms. The molecule has 4 rings (SSSR count). The lowest BCUT2D eigenvalue weighted by Gasteiger charge is -2.12. The molecule has 0 N–H and O–H groups in total. The van der Waals surface area contributed by atoms with Crippen molar-refractivity contribution in [1.29, 1.82) is 0 Å². The molecule has 0 radical (unpaired) electrons. The second kappa shape index (κ2) is 8.94. The number of nitro benzene ring substituents is 2. The van der Waals surface area contributed by atoms with Gasteiger partial charge in [-0.1, -0.05) is 12.1 Å². The van der Waals surface area contributed by atoms with E-state index in [0.29, 0.717) is 28.2 Å². The molecule has 2 amide bonds. The molecule has 1 saturated heterocycles. The van der Waals surface area contributed by atoms with E-state index in [2.05, 4.69) is 0 Å². The molecule has 1 aliphatic rings. The number of benzene rings is 2. The van der Waals surface area contributed by atoms with Crippen LogP contribution in [0.2, 0.25) is 0 Å². The summed E-state index contributed by atoms with van der Waals surface area (Å²) >= 11 is 0.761. The number of furan rings is 1. The molecular weight excluding hydrogens is 462 g/mol. The van der Waals surface area contributed by atoms with Crippen molar-refractivity contribution in [3.63, 3.8) is 0 Å². The number of nitrogens with zero attached hydrogens (tertiary/aromatic N) is 3. The van der Waals surface area contributed by atoms with E-state index in [-0.39, 0.29) is 22.8 Å². The topological polar surface area (TPSA) is 137 Å². The van der Waals surface area contributed by atoms with E-state index in [1.54, 1.807) is 32.0 Å². The van der Waals surface area contributed by atoms with Gasteiger partial charge in [0.25, 0.3) is 22.5 Å². The minimum absolute atomic E-state index is 0.0136. The van der Waals surface area contributed by atoms with Gasteiger partial charge in [0.15, 0.2) is 0 Å². The molecule has 11 heteroatoms. The number of carbonyl (C=O) groups is 2. The SMILES string of the molecule is Cc1cc(-c2ccc(/C=C3/SC(=O)N(Cc4ccc([N+](=O)[O-])cc4)C3=O)o2)cc([N+](=O)[O-])c1C. The van der Waals surface area contributed by atoms with Crippen LogP contribution in [0, 0.1) is 34.1 Å². The van der Waals surface area contributed by atoms with Gasteiger partial charge in [-0.2, -0.15) is 0 Å². The van der Waals surface area contributed by atoms with E-state index >= 15 is 0 Å². The number of thioether (sulfide) groups is 1. The van der Waals surface area contributed by atoms with Crippen LogP contribution in [0.15, 0.2) is 57.9 Å². The zero-order valence-corrected chi connectivity index (χ0v) is 18.8. The second-order valence-corrected chi connectivity index (χ2v) is 8.58. The molecule has 0 unspecified atom stereocenters. The average molecular weight is 479 g/mol. The monoisotopic (exact) mass is 479 g/mol. The largest absolute Gasteiger partial charge is 0.457 e. The molecule has 0 bridgehead atoms. The highest BCUT2D eigenvalue weighted by atomic mass is 32.2. The summed E-state index contributed by atoms with van der Waals surface area (Å²) in [6, 6.07) is 12.1. The number of amides is 2. The summed E-state index contributed by atoms with van der Waals surface area (Å²) in [5, 5.41) is 21.6. The molecule has 2 aromatic carbocycles. The highest BCUT2D eigenvalue weighted by Crippen LogP contribution is 2.35. The van der Waals surface area contributed by atoms with Crippen LogP contribution in [-0.4, -0.2) is 25.9 Å². The van der Waals surface area contributed by atoms with Gasteiger partial charge in [-0.05, 0) is 54.9 Å². The normalized spacial score (nSPS) is 14.8. The second-order valence-electron chi connectivity index (χ2n) is 7.59. The number of hydrogen-bond donors (Lipinski definition) is 0. The van der Waals surface area contributed by atoms with Gasteiger partial charge < -0.3 is 4.42 Å². The number of non-ortho nitro benzene ring substituents is 1. The minimum atomic E-state index is -0.527. The molecule has 3 aromatic rings.